The highest BCUT2D eigenvalue weighted by Gasteiger charge is 2.20. The van der Waals surface area contributed by atoms with Crippen molar-refractivity contribution in [3.8, 4) is 10.8 Å². The quantitative estimate of drug-likeness (QED) is 0.188. The van der Waals surface area contributed by atoms with E-state index in [9.17, 15) is 0 Å². The molecular weight excluding hydrogens is 599 g/mol. The number of thiazole rings is 1. The van der Waals surface area contributed by atoms with Crippen LogP contribution in [-0.4, -0.2) is 14.1 Å². The van der Waals surface area contributed by atoms with E-state index in [1.165, 1.54) is 73.7 Å². The van der Waals surface area contributed by atoms with Gasteiger partial charge >= 0.3 is 0 Å². The van der Waals surface area contributed by atoms with Gasteiger partial charge in [-0.15, -0.1) is 11.3 Å². The van der Waals surface area contributed by atoms with E-state index in [2.05, 4.69) is 149 Å². The van der Waals surface area contributed by atoms with Crippen molar-refractivity contribution in [2.75, 3.05) is 0 Å². The molecule has 0 N–H and O–H groups in total. The van der Waals surface area contributed by atoms with Crippen LogP contribution in [0.4, 0.5) is 0 Å². The van der Waals surface area contributed by atoms with Crippen LogP contribution in [0.3, 0.4) is 0 Å². The van der Waals surface area contributed by atoms with Gasteiger partial charge in [0.1, 0.15) is 0 Å². The van der Waals surface area contributed by atoms with Gasteiger partial charge in [0, 0.05) is 47.4 Å². The summed E-state index contributed by atoms with van der Waals surface area (Å²) < 4.78 is 8.60. The molecule has 214 valence electrons. The van der Waals surface area contributed by atoms with Gasteiger partial charge in [0.15, 0.2) is 5.13 Å². The van der Waals surface area contributed by atoms with Gasteiger partial charge in [-0.2, -0.15) is 0 Å². The summed E-state index contributed by atoms with van der Waals surface area (Å²) in [6, 6.07) is 51.0. The summed E-state index contributed by atoms with van der Waals surface area (Å²) in [6.45, 7) is 0. The number of benzene rings is 7. The number of hydrogen-bond acceptors (Lipinski definition) is 3. The Bertz CT molecular complexity index is 2990. The van der Waals surface area contributed by atoms with Gasteiger partial charge in [-0.1, -0.05) is 96.3 Å². The van der Waals surface area contributed by atoms with Crippen molar-refractivity contribution in [1.82, 2.24) is 14.1 Å². The first kappa shape index (κ1) is 24.8. The molecule has 0 unspecified atom stereocenters. The fourth-order valence-corrected chi connectivity index (χ4v) is 9.63. The molecule has 4 heterocycles. The third-order valence-corrected chi connectivity index (χ3v) is 11.7. The standard InChI is InChI=1S/C41H23N3S2/c1-2-10-25-22-34-31(21-24(25)9-1)29-18-17-26(43-32-14-6-3-11-27(32)28-12-4-7-15-33(28)43)23-35(29)44(34)41-42-40-38(46-41)20-19-37-39(40)30-13-5-8-16-36(30)45-37/h1-23H. The summed E-state index contributed by atoms with van der Waals surface area (Å²) in [5.41, 5.74) is 7.00. The summed E-state index contributed by atoms with van der Waals surface area (Å²) in [5.74, 6) is 0. The van der Waals surface area contributed by atoms with E-state index in [-0.39, 0.29) is 0 Å². The van der Waals surface area contributed by atoms with Gasteiger partial charge in [-0.05, 0) is 65.4 Å². The molecule has 0 bridgehead atoms. The molecule has 0 spiro atoms. The van der Waals surface area contributed by atoms with Gasteiger partial charge in [0.25, 0.3) is 0 Å². The second-order valence-electron chi connectivity index (χ2n) is 12.0. The van der Waals surface area contributed by atoms with Gasteiger partial charge in [-0.25, -0.2) is 4.98 Å². The summed E-state index contributed by atoms with van der Waals surface area (Å²) in [7, 11) is 0. The minimum atomic E-state index is 0.993. The molecule has 3 nitrogen and oxygen atoms in total. The van der Waals surface area contributed by atoms with E-state index in [0.717, 1.165) is 21.9 Å². The highest BCUT2D eigenvalue weighted by molar-refractivity contribution is 7.26. The molecule has 5 heteroatoms. The van der Waals surface area contributed by atoms with Crippen LogP contribution < -0.4 is 0 Å². The predicted octanol–water partition coefficient (Wildman–Crippen LogP) is 12.0. The summed E-state index contributed by atoms with van der Waals surface area (Å²) >= 11 is 3.62. The molecule has 46 heavy (non-hydrogen) atoms. The van der Waals surface area contributed by atoms with Crippen molar-refractivity contribution in [2.45, 2.75) is 0 Å². The van der Waals surface area contributed by atoms with E-state index in [0.29, 0.717) is 0 Å². The van der Waals surface area contributed by atoms with E-state index in [4.69, 9.17) is 4.98 Å². The molecule has 0 saturated heterocycles. The molecule has 4 aromatic heterocycles. The van der Waals surface area contributed by atoms with E-state index < -0.39 is 0 Å². The number of rotatable bonds is 2. The molecule has 0 aliphatic rings. The highest BCUT2D eigenvalue weighted by Crippen LogP contribution is 2.43. The molecule has 11 rings (SSSR count). The predicted molar refractivity (Wildman–Crippen MR) is 199 cm³/mol. The van der Waals surface area contributed by atoms with Gasteiger partial charge in [0.2, 0.25) is 0 Å². The maximum absolute atomic E-state index is 5.46. The first-order valence-corrected chi connectivity index (χ1v) is 17.1. The molecule has 0 atom stereocenters. The van der Waals surface area contributed by atoms with E-state index >= 15 is 0 Å². The third kappa shape index (κ3) is 3.28. The van der Waals surface area contributed by atoms with Crippen LogP contribution in [0.5, 0.6) is 0 Å². The number of fused-ring (bicyclic) bond motifs is 12. The number of nitrogens with zero attached hydrogens (tertiary/aromatic N) is 3. The Kier molecular flexibility index (Phi) is 4.87. The molecule has 0 aliphatic heterocycles. The number of para-hydroxylation sites is 2. The number of hydrogen-bond donors (Lipinski definition) is 0. The van der Waals surface area contributed by atoms with Crippen molar-refractivity contribution in [3.05, 3.63) is 140 Å². The lowest BCUT2D eigenvalue weighted by Crippen LogP contribution is -1.96. The Morgan fingerprint density at radius 1 is 0.413 bits per heavy atom. The summed E-state index contributed by atoms with van der Waals surface area (Å²) in [4.78, 5) is 5.46. The summed E-state index contributed by atoms with van der Waals surface area (Å²) in [5, 5.41) is 11.0. The lowest BCUT2D eigenvalue weighted by atomic mass is 10.1. The third-order valence-electron chi connectivity index (χ3n) is 9.53. The van der Waals surface area contributed by atoms with Gasteiger partial charge in [-0.3, -0.25) is 4.57 Å². The van der Waals surface area contributed by atoms with Crippen molar-refractivity contribution in [1.29, 1.82) is 0 Å². The molecule has 0 radical (unpaired) electrons. The smallest absolute Gasteiger partial charge is 0.195 e. The Morgan fingerprint density at radius 3 is 1.85 bits per heavy atom. The maximum Gasteiger partial charge on any atom is 0.195 e. The van der Waals surface area contributed by atoms with Crippen LogP contribution in [0.15, 0.2) is 140 Å². The van der Waals surface area contributed by atoms with Crippen LogP contribution in [-0.2, 0) is 0 Å². The average Bonchev–Trinajstić information content (AvgIpc) is 3.85. The van der Waals surface area contributed by atoms with Crippen molar-refractivity contribution in [2.24, 2.45) is 0 Å². The first-order chi connectivity index (χ1) is 22.8. The topological polar surface area (TPSA) is 22.8 Å². The number of aromatic nitrogens is 3. The van der Waals surface area contributed by atoms with Crippen LogP contribution in [0.1, 0.15) is 0 Å². The minimum Gasteiger partial charge on any atom is -0.309 e. The molecule has 0 fully saturated rings. The Labute approximate surface area is 270 Å². The van der Waals surface area contributed by atoms with E-state index in [1.54, 1.807) is 11.3 Å². The van der Waals surface area contributed by atoms with Crippen LogP contribution >= 0.6 is 22.7 Å². The Hall–Kier alpha value is -5.49. The van der Waals surface area contributed by atoms with Crippen molar-refractivity contribution < 1.29 is 0 Å². The summed E-state index contributed by atoms with van der Waals surface area (Å²) in [6.07, 6.45) is 0. The fourth-order valence-electron chi connectivity index (χ4n) is 7.52. The second-order valence-corrected chi connectivity index (χ2v) is 14.1. The largest absolute Gasteiger partial charge is 0.309 e. The van der Waals surface area contributed by atoms with Gasteiger partial charge < -0.3 is 4.57 Å². The van der Waals surface area contributed by atoms with Crippen LogP contribution in [0.25, 0.3) is 95.6 Å². The molecule has 11 aromatic rings. The molecular formula is C41H23N3S2. The molecule has 0 amide bonds. The van der Waals surface area contributed by atoms with Gasteiger partial charge in [0.05, 0.1) is 32.3 Å². The minimum absolute atomic E-state index is 0.993. The monoisotopic (exact) mass is 621 g/mol. The number of thiophene rings is 1. The molecule has 0 aliphatic carbocycles. The lowest BCUT2D eigenvalue weighted by molar-refractivity contribution is 1.14. The highest BCUT2D eigenvalue weighted by atomic mass is 32.1. The average molecular weight is 622 g/mol. The normalized spacial score (nSPS) is 12.3. The first-order valence-electron chi connectivity index (χ1n) is 15.5. The second kappa shape index (κ2) is 9.04. The Morgan fingerprint density at radius 2 is 1.04 bits per heavy atom. The Balaban J connectivity index is 1.27. The molecule has 0 saturated carbocycles. The zero-order chi connectivity index (χ0) is 29.9. The maximum atomic E-state index is 5.46. The SMILES string of the molecule is c1ccc2cc3c(cc2c1)c1ccc(-n2c4ccccc4c4ccccc42)cc1n3-c1nc2c(ccc3sc4ccccc4c32)s1. The van der Waals surface area contributed by atoms with Crippen LogP contribution in [0, 0.1) is 0 Å². The lowest BCUT2D eigenvalue weighted by Gasteiger charge is -2.09. The van der Waals surface area contributed by atoms with Crippen molar-refractivity contribution in [3.63, 3.8) is 0 Å². The van der Waals surface area contributed by atoms with Crippen LogP contribution in [0.2, 0.25) is 0 Å². The zero-order valence-corrected chi connectivity index (χ0v) is 26.1. The fraction of sp³-hybridized carbons (Fsp3) is 0. The van der Waals surface area contributed by atoms with Crippen molar-refractivity contribution >= 4 is 107 Å². The molecule has 7 aromatic carbocycles. The zero-order valence-electron chi connectivity index (χ0n) is 24.4. The van der Waals surface area contributed by atoms with E-state index in [1.807, 2.05) is 11.3 Å².